The summed E-state index contributed by atoms with van der Waals surface area (Å²) in [6.07, 6.45) is 13.3. The first-order valence-electron chi connectivity index (χ1n) is 6.94. The lowest BCUT2D eigenvalue weighted by atomic mass is 9.92. The third-order valence-corrected chi connectivity index (χ3v) is 3.75. The van der Waals surface area contributed by atoms with Gasteiger partial charge >= 0.3 is 0 Å². The molecule has 2 heteroatoms. The first kappa shape index (κ1) is 13.3. The molecule has 0 spiro atoms. The van der Waals surface area contributed by atoms with Gasteiger partial charge in [-0.3, -0.25) is 4.90 Å². The van der Waals surface area contributed by atoms with E-state index in [2.05, 4.69) is 43.1 Å². The van der Waals surface area contributed by atoms with Crippen LogP contribution in [0.4, 0.5) is 4.39 Å². The van der Waals surface area contributed by atoms with Crippen molar-refractivity contribution < 1.29 is 4.39 Å². The second-order valence-electron chi connectivity index (χ2n) is 4.80. The van der Waals surface area contributed by atoms with Crippen molar-refractivity contribution in [3.8, 4) is 0 Å². The molecule has 2 aliphatic rings. The summed E-state index contributed by atoms with van der Waals surface area (Å²) in [5.74, 6) is 0.0103. The molecule has 18 heavy (non-hydrogen) atoms. The number of nitrogens with zero attached hydrogens (tertiary/aromatic N) is 1. The summed E-state index contributed by atoms with van der Waals surface area (Å²) in [5.41, 5.74) is 2.22. The van der Waals surface area contributed by atoms with Gasteiger partial charge in [0, 0.05) is 0 Å². The molecule has 0 fully saturated rings. The van der Waals surface area contributed by atoms with E-state index in [1.807, 2.05) is 0 Å². The molecule has 0 radical (unpaired) electrons. The van der Waals surface area contributed by atoms with Gasteiger partial charge in [0.2, 0.25) is 0 Å². The fourth-order valence-corrected chi connectivity index (χ4v) is 2.67. The minimum atomic E-state index is -0.0584. The van der Waals surface area contributed by atoms with Gasteiger partial charge in [0.15, 0.2) is 0 Å². The number of likely N-dealkylation sites (N-methyl/N-ethyl adjacent to an activating group) is 1. The Labute approximate surface area is 109 Å². The molecule has 0 aromatic carbocycles. The van der Waals surface area contributed by atoms with Crippen LogP contribution in [-0.2, 0) is 0 Å². The molecule has 2 rings (SSSR count). The monoisotopic (exact) mass is 247 g/mol. The number of rotatable bonds is 4. The summed E-state index contributed by atoms with van der Waals surface area (Å²) < 4.78 is 14.2. The fourth-order valence-electron chi connectivity index (χ4n) is 2.67. The minimum Gasteiger partial charge on any atom is -0.294 e. The number of allylic oxidation sites excluding steroid dienone is 6. The maximum Gasteiger partial charge on any atom is 0.118 e. The lowest BCUT2D eigenvalue weighted by molar-refractivity contribution is 0.218. The van der Waals surface area contributed by atoms with E-state index in [1.54, 1.807) is 6.08 Å². The van der Waals surface area contributed by atoms with Crippen molar-refractivity contribution in [1.82, 2.24) is 4.90 Å². The molecule has 0 heterocycles. The molecule has 0 aromatic rings. The highest BCUT2D eigenvalue weighted by atomic mass is 19.1. The van der Waals surface area contributed by atoms with Crippen LogP contribution in [0.3, 0.4) is 0 Å². The molecular formula is C16H22FN. The van der Waals surface area contributed by atoms with Crippen LogP contribution in [-0.4, -0.2) is 24.0 Å². The molecule has 2 aliphatic carbocycles. The standard InChI is InChI=1S/C16H22FN/c1-3-18(4-2)16-11-10-14(12-15(16)17)13-8-6-5-7-9-13/h6,8-10,12,16H,3-5,7,11H2,1-2H3. The molecule has 0 N–H and O–H groups in total. The van der Waals surface area contributed by atoms with Crippen LogP contribution in [0.1, 0.15) is 33.1 Å². The second kappa shape index (κ2) is 6.14. The van der Waals surface area contributed by atoms with Crippen molar-refractivity contribution in [1.29, 1.82) is 0 Å². The fraction of sp³-hybridized carbons (Fsp3) is 0.500. The average Bonchev–Trinajstić information content (AvgIpc) is 2.43. The summed E-state index contributed by atoms with van der Waals surface area (Å²) >= 11 is 0. The third-order valence-electron chi connectivity index (χ3n) is 3.75. The Morgan fingerprint density at radius 1 is 1.17 bits per heavy atom. The van der Waals surface area contributed by atoms with Gasteiger partial charge in [-0.2, -0.15) is 0 Å². The highest BCUT2D eigenvalue weighted by Crippen LogP contribution is 2.29. The van der Waals surface area contributed by atoms with Crippen molar-refractivity contribution in [2.45, 2.75) is 39.2 Å². The van der Waals surface area contributed by atoms with Crippen LogP contribution >= 0.6 is 0 Å². The zero-order valence-electron chi connectivity index (χ0n) is 11.3. The summed E-state index contributed by atoms with van der Waals surface area (Å²) in [6, 6.07) is -0.0584. The summed E-state index contributed by atoms with van der Waals surface area (Å²) in [6.45, 7) is 5.97. The Morgan fingerprint density at radius 2 is 1.94 bits per heavy atom. The largest absolute Gasteiger partial charge is 0.294 e. The van der Waals surface area contributed by atoms with E-state index in [4.69, 9.17) is 0 Å². The number of hydrogen-bond acceptors (Lipinski definition) is 1. The van der Waals surface area contributed by atoms with E-state index in [-0.39, 0.29) is 11.9 Å². The van der Waals surface area contributed by atoms with E-state index < -0.39 is 0 Å². The Morgan fingerprint density at radius 3 is 2.50 bits per heavy atom. The molecule has 1 nitrogen and oxygen atoms in total. The van der Waals surface area contributed by atoms with Crippen LogP contribution in [0, 0.1) is 0 Å². The van der Waals surface area contributed by atoms with Gasteiger partial charge in [0.1, 0.15) is 5.83 Å². The van der Waals surface area contributed by atoms with Gasteiger partial charge in [0.25, 0.3) is 0 Å². The maximum atomic E-state index is 14.2. The van der Waals surface area contributed by atoms with Crippen molar-refractivity contribution in [2.75, 3.05) is 13.1 Å². The molecule has 0 aliphatic heterocycles. The van der Waals surface area contributed by atoms with E-state index >= 15 is 0 Å². The molecule has 0 saturated heterocycles. The van der Waals surface area contributed by atoms with Gasteiger partial charge in [-0.1, -0.05) is 38.2 Å². The van der Waals surface area contributed by atoms with Gasteiger partial charge in [-0.05, 0) is 49.6 Å². The Hall–Kier alpha value is -1.15. The predicted octanol–water partition coefficient (Wildman–Crippen LogP) is 4.16. The molecule has 0 amide bonds. The van der Waals surface area contributed by atoms with Gasteiger partial charge in [0.05, 0.1) is 6.04 Å². The van der Waals surface area contributed by atoms with Crippen molar-refractivity contribution >= 4 is 0 Å². The zero-order chi connectivity index (χ0) is 13.0. The Bertz CT molecular complexity index is 411. The van der Waals surface area contributed by atoms with Gasteiger partial charge < -0.3 is 0 Å². The summed E-state index contributed by atoms with van der Waals surface area (Å²) in [5, 5.41) is 0. The predicted molar refractivity (Wildman–Crippen MR) is 75.1 cm³/mol. The Kier molecular flexibility index (Phi) is 4.54. The summed E-state index contributed by atoms with van der Waals surface area (Å²) in [7, 11) is 0. The van der Waals surface area contributed by atoms with Crippen LogP contribution in [0.25, 0.3) is 0 Å². The normalized spacial score (nSPS) is 23.8. The lowest BCUT2D eigenvalue weighted by Gasteiger charge is -2.30. The molecule has 0 saturated carbocycles. The smallest absolute Gasteiger partial charge is 0.118 e. The van der Waals surface area contributed by atoms with Crippen molar-refractivity contribution in [2.24, 2.45) is 0 Å². The van der Waals surface area contributed by atoms with E-state index in [9.17, 15) is 4.39 Å². The molecule has 98 valence electrons. The van der Waals surface area contributed by atoms with Crippen LogP contribution < -0.4 is 0 Å². The van der Waals surface area contributed by atoms with E-state index in [1.165, 1.54) is 5.57 Å². The van der Waals surface area contributed by atoms with E-state index in [0.29, 0.717) is 0 Å². The molecular weight excluding hydrogens is 225 g/mol. The highest BCUT2D eigenvalue weighted by molar-refractivity contribution is 5.50. The lowest BCUT2D eigenvalue weighted by Crippen LogP contribution is -2.36. The Balaban J connectivity index is 2.12. The molecule has 0 aromatic heterocycles. The molecule has 1 atom stereocenters. The van der Waals surface area contributed by atoms with Gasteiger partial charge in [-0.25, -0.2) is 4.39 Å². The first-order chi connectivity index (χ1) is 8.76. The van der Waals surface area contributed by atoms with Crippen LogP contribution in [0.15, 0.2) is 47.4 Å². The van der Waals surface area contributed by atoms with E-state index in [0.717, 1.165) is 37.9 Å². The quantitative estimate of drug-likeness (QED) is 0.721. The highest BCUT2D eigenvalue weighted by Gasteiger charge is 2.23. The second-order valence-corrected chi connectivity index (χ2v) is 4.80. The number of hydrogen-bond donors (Lipinski definition) is 0. The number of halogens is 1. The van der Waals surface area contributed by atoms with Crippen molar-refractivity contribution in [3.05, 3.63) is 47.4 Å². The first-order valence-corrected chi connectivity index (χ1v) is 6.94. The SMILES string of the molecule is CCN(CC)C1CC=C(C2=CCCC=C2)C=C1F. The molecule has 1 unspecified atom stereocenters. The maximum absolute atomic E-state index is 14.2. The molecule has 0 bridgehead atoms. The summed E-state index contributed by atoms with van der Waals surface area (Å²) in [4.78, 5) is 2.17. The third kappa shape index (κ3) is 2.81. The topological polar surface area (TPSA) is 3.24 Å². The van der Waals surface area contributed by atoms with Gasteiger partial charge in [-0.15, -0.1) is 0 Å². The van der Waals surface area contributed by atoms with Crippen LogP contribution in [0.5, 0.6) is 0 Å². The zero-order valence-corrected chi connectivity index (χ0v) is 11.3. The minimum absolute atomic E-state index is 0.0103. The average molecular weight is 247 g/mol. The van der Waals surface area contributed by atoms with Crippen LogP contribution in [0.2, 0.25) is 0 Å². The van der Waals surface area contributed by atoms with Crippen molar-refractivity contribution in [3.63, 3.8) is 0 Å².